The van der Waals surface area contributed by atoms with E-state index >= 15 is 0 Å². The number of pyridine rings is 1. The van der Waals surface area contributed by atoms with Crippen LogP contribution in [-0.2, 0) is 4.74 Å². The van der Waals surface area contributed by atoms with Crippen molar-refractivity contribution in [2.24, 2.45) is 5.92 Å². The second-order valence-corrected chi connectivity index (χ2v) is 8.63. The summed E-state index contributed by atoms with van der Waals surface area (Å²) in [7, 11) is 3.15. The van der Waals surface area contributed by atoms with Gasteiger partial charge in [0.25, 0.3) is 11.8 Å². The van der Waals surface area contributed by atoms with Crippen LogP contribution in [0.1, 0.15) is 40.1 Å². The molecular weight excluding hydrogens is 453 g/mol. The molecule has 0 unspecified atom stereocenters. The van der Waals surface area contributed by atoms with Crippen LogP contribution in [0.2, 0.25) is 0 Å². The third kappa shape index (κ3) is 6.35. The van der Waals surface area contributed by atoms with Crippen molar-refractivity contribution in [2.75, 3.05) is 40.5 Å². The van der Waals surface area contributed by atoms with Crippen LogP contribution in [0, 0.1) is 23.6 Å². The fraction of sp³-hybridized carbons (Fsp3) is 0.423. The summed E-state index contributed by atoms with van der Waals surface area (Å²) in [5, 5.41) is 9.77. The van der Waals surface area contributed by atoms with Crippen molar-refractivity contribution in [2.45, 2.75) is 26.0 Å². The zero-order chi connectivity index (χ0) is 25.5. The van der Waals surface area contributed by atoms with Crippen LogP contribution in [0.4, 0.5) is 4.39 Å². The Labute approximate surface area is 204 Å². The molecule has 1 aromatic carbocycles. The first-order chi connectivity index (χ1) is 16.7. The van der Waals surface area contributed by atoms with Crippen molar-refractivity contribution in [3.8, 4) is 17.7 Å². The molecule has 1 aliphatic rings. The SMILES string of the molecule is COCC#Cc1cnc2c(c1)C(=O)N([C@@H](C)CO)C[C@@H](C)[C@@H](CN(C)C(=O)c1cccc(F)c1)O2. The highest BCUT2D eigenvalue weighted by atomic mass is 19.1. The Morgan fingerprint density at radius 1 is 1.43 bits per heavy atom. The van der Waals surface area contributed by atoms with E-state index in [2.05, 4.69) is 16.8 Å². The summed E-state index contributed by atoms with van der Waals surface area (Å²) >= 11 is 0. The van der Waals surface area contributed by atoms with Crippen LogP contribution < -0.4 is 4.74 Å². The maximum absolute atomic E-state index is 13.6. The lowest BCUT2D eigenvalue weighted by molar-refractivity contribution is 0.0313. The monoisotopic (exact) mass is 483 g/mol. The van der Waals surface area contributed by atoms with Crippen LogP contribution in [0.25, 0.3) is 0 Å². The molecule has 8 nitrogen and oxygen atoms in total. The van der Waals surface area contributed by atoms with Gasteiger partial charge in [-0.25, -0.2) is 9.37 Å². The second kappa shape index (κ2) is 11.8. The average Bonchev–Trinajstić information content (AvgIpc) is 2.85. The van der Waals surface area contributed by atoms with Gasteiger partial charge in [0.1, 0.15) is 24.1 Å². The van der Waals surface area contributed by atoms with Crippen LogP contribution in [0.5, 0.6) is 5.88 Å². The van der Waals surface area contributed by atoms with E-state index in [1.165, 1.54) is 36.4 Å². The normalized spacial score (nSPS) is 18.3. The van der Waals surface area contributed by atoms with E-state index < -0.39 is 18.0 Å². The number of carbonyl (C=O) groups is 2. The van der Waals surface area contributed by atoms with E-state index in [9.17, 15) is 19.1 Å². The van der Waals surface area contributed by atoms with Crippen LogP contribution in [-0.4, -0.2) is 84.3 Å². The summed E-state index contributed by atoms with van der Waals surface area (Å²) in [5.74, 6) is 4.50. The van der Waals surface area contributed by atoms with Gasteiger partial charge in [0.15, 0.2) is 0 Å². The molecule has 0 fully saturated rings. The lowest BCUT2D eigenvalue weighted by Crippen LogP contribution is -2.50. The van der Waals surface area contributed by atoms with Crippen molar-refractivity contribution in [1.82, 2.24) is 14.8 Å². The van der Waals surface area contributed by atoms with Crippen LogP contribution in [0.15, 0.2) is 36.5 Å². The third-order valence-electron chi connectivity index (χ3n) is 5.84. The van der Waals surface area contributed by atoms with Gasteiger partial charge in [0.05, 0.1) is 19.2 Å². The fourth-order valence-electron chi connectivity index (χ4n) is 3.79. The smallest absolute Gasteiger partial charge is 0.259 e. The van der Waals surface area contributed by atoms with Gasteiger partial charge in [-0.1, -0.05) is 24.8 Å². The van der Waals surface area contributed by atoms with E-state index in [-0.39, 0.29) is 54.5 Å². The Bertz CT molecular complexity index is 1130. The lowest BCUT2D eigenvalue weighted by atomic mass is 9.99. The average molecular weight is 484 g/mol. The molecule has 0 bridgehead atoms. The van der Waals surface area contributed by atoms with E-state index in [0.29, 0.717) is 12.1 Å². The van der Waals surface area contributed by atoms with Crippen molar-refractivity contribution in [3.05, 3.63) is 59.0 Å². The molecule has 35 heavy (non-hydrogen) atoms. The maximum atomic E-state index is 13.6. The summed E-state index contributed by atoms with van der Waals surface area (Å²) in [4.78, 5) is 33.7. The Morgan fingerprint density at radius 2 is 2.20 bits per heavy atom. The minimum absolute atomic E-state index is 0.130. The number of fused-ring (bicyclic) bond motifs is 1. The van der Waals surface area contributed by atoms with Crippen LogP contribution >= 0.6 is 0 Å². The van der Waals surface area contributed by atoms with Gasteiger partial charge >= 0.3 is 0 Å². The number of nitrogens with zero attached hydrogens (tertiary/aromatic N) is 3. The number of aromatic nitrogens is 1. The number of aliphatic hydroxyl groups excluding tert-OH is 1. The summed E-state index contributed by atoms with van der Waals surface area (Å²) < 4.78 is 24.7. The summed E-state index contributed by atoms with van der Waals surface area (Å²) in [6, 6.07) is 6.68. The molecule has 1 N–H and O–H groups in total. The number of methoxy groups -OCH3 is 1. The van der Waals surface area contributed by atoms with Crippen LogP contribution in [0.3, 0.4) is 0 Å². The molecule has 0 spiro atoms. The van der Waals surface area contributed by atoms with Gasteiger partial charge in [0, 0.05) is 43.9 Å². The highest BCUT2D eigenvalue weighted by molar-refractivity contribution is 5.97. The third-order valence-corrected chi connectivity index (χ3v) is 5.84. The first-order valence-electron chi connectivity index (χ1n) is 11.3. The highest BCUT2D eigenvalue weighted by Gasteiger charge is 2.34. The number of rotatable bonds is 6. The molecule has 0 aliphatic carbocycles. The predicted molar refractivity (Wildman–Crippen MR) is 128 cm³/mol. The van der Waals surface area contributed by atoms with Crippen molar-refractivity contribution < 1.29 is 28.6 Å². The molecule has 1 aromatic heterocycles. The van der Waals surface area contributed by atoms with E-state index in [4.69, 9.17) is 9.47 Å². The number of halogens is 1. The summed E-state index contributed by atoms with van der Waals surface area (Å²) in [6.07, 6.45) is 0.996. The molecule has 0 radical (unpaired) electrons. The molecule has 9 heteroatoms. The minimum Gasteiger partial charge on any atom is -0.472 e. The zero-order valence-corrected chi connectivity index (χ0v) is 20.3. The summed E-state index contributed by atoms with van der Waals surface area (Å²) in [6.45, 7) is 4.18. The quantitative estimate of drug-likeness (QED) is 0.634. The Hall–Kier alpha value is -3.48. The predicted octanol–water partition coefficient (Wildman–Crippen LogP) is 2.21. The molecular formula is C26H30FN3O5. The topological polar surface area (TPSA) is 92.2 Å². The molecule has 2 heterocycles. The van der Waals surface area contributed by atoms with Gasteiger partial charge in [-0.3, -0.25) is 9.59 Å². The first kappa shape index (κ1) is 26.1. The fourth-order valence-corrected chi connectivity index (χ4v) is 3.79. The number of amides is 2. The zero-order valence-electron chi connectivity index (χ0n) is 20.3. The molecule has 2 amide bonds. The van der Waals surface area contributed by atoms with Gasteiger partial charge < -0.3 is 24.4 Å². The van der Waals surface area contributed by atoms with E-state index in [1.54, 1.807) is 31.0 Å². The Kier molecular flexibility index (Phi) is 8.79. The molecule has 2 aromatic rings. The number of hydrogen-bond donors (Lipinski definition) is 1. The summed E-state index contributed by atoms with van der Waals surface area (Å²) in [5.41, 5.74) is 0.984. The Balaban J connectivity index is 1.93. The van der Waals surface area contributed by atoms with Crippen molar-refractivity contribution in [3.63, 3.8) is 0 Å². The van der Waals surface area contributed by atoms with Gasteiger partial charge in [-0.2, -0.15) is 0 Å². The molecule has 0 saturated carbocycles. The van der Waals surface area contributed by atoms with E-state index in [0.717, 1.165) is 0 Å². The standard InChI is InChI=1S/C26H30FN3O5/c1-17-14-30(18(2)16-31)26(33)22-11-19(7-6-10-34-4)13-28-24(22)35-23(17)15-29(3)25(32)20-8-5-9-21(27)12-20/h5,8-9,11-13,17-18,23,31H,10,14-16H2,1-4H3/t17-,18+,23-/m1/s1. The number of benzene rings is 1. The number of ether oxygens (including phenoxy) is 2. The lowest BCUT2D eigenvalue weighted by Gasteiger charge is -2.37. The number of aliphatic hydroxyl groups is 1. The first-order valence-corrected chi connectivity index (χ1v) is 11.3. The number of carbonyl (C=O) groups excluding carboxylic acids is 2. The molecule has 0 saturated heterocycles. The number of likely N-dealkylation sites (N-methyl/N-ethyl adjacent to an activating group) is 1. The molecule has 3 atom stereocenters. The molecule has 3 rings (SSSR count). The molecule has 1 aliphatic heterocycles. The minimum atomic E-state index is -0.518. The number of hydrogen-bond acceptors (Lipinski definition) is 6. The van der Waals surface area contributed by atoms with Gasteiger partial charge in [-0.05, 0) is 31.2 Å². The Morgan fingerprint density at radius 3 is 2.89 bits per heavy atom. The van der Waals surface area contributed by atoms with Gasteiger partial charge in [0.2, 0.25) is 5.88 Å². The largest absolute Gasteiger partial charge is 0.472 e. The van der Waals surface area contributed by atoms with Gasteiger partial charge in [-0.15, -0.1) is 0 Å². The highest BCUT2D eigenvalue weighted by Crippen LogP contribution is 2.27. The van der Waals surface area contributed by atoms with E-state index in [1.807, 2.05) is 6.92 Å². The second-order valence-electron chi connectivity index (χ2n) is 8.63. The van der Waals surface area contributed by atoms with Crippen molar-refractivity contribution in [1.29, 1.82) is 0 Å². The molecule has 186 valence electrons. The maximum Gasteiger partial charge on any atom is 0.259 e. The van der Waals surface area contributed by atoms with Crippen molar-refractivity contribution >= 4 is 11.8 Å².